The number of rotatable bonds is 4. The van der Waals surface area contributed by atoms with Crippen molar-refractivity contribution in [1.29, 1.82) is 0 Å². The molecule has 0 aromatic heterocycles. The number of hydrogen-bond acceptors (Lipinski definition) is 2. The first kappa shape index (κ1) is 15.7. The van der Waals surface area contributed by atoms with Crippen LogP contribution in [0.3, 0.4) is 0 Å². The molecule has 0 bridgehead atoms. The van der Waals surface area contributed by atoms with Gasteiger partial charge in [-0.2, -0.15) is 0 Å². The summed E-state index contributed by atoms with van der Waals surface area (Å²) in [5, 5.41) is 0. The van der Waals surface area contributed by atoms with Crippen LogP contribution < -0.4 is 4.72 Å². The van der Waals surface area contributed by atoms with Crippen LogP contribution in [-0.2, 0) is 10.0 Å². The van der Waals surface area contributed by atoms with Gasteiger partial charge in [-0.3, -0.25) is 0 Å². The van der Waals surface area contributed by atoms with E-state index >= 15 is 0 Å². The highest BCUT2D eigenvalue weighted by molar-refractivity contribution is 7.89. The zero-order chi connectivity index (χ0) is 15.6. The molecule has 0 fully saturated rings. The van der Waals surface area contributed by atoms with Crippen molar-refractivity contribution in [2.24, 2.45) is 0 Å². The van der Waals surface area contributed by atoms with Gasteiger partial charge in [-0.1, -0.05) is 41.5 Å². The fourth-order valence-corrected chi connectivity index (χ4v) is 3.53. The third-order valence-electron chi connectivity index (χ3n) is 3.56. The fraction of sp³-hybridized carbons (Fsp3) is 0.294. The van der Waals surface area contributed by atoms with E-state index in [1.807, 2.05) is 45.9 Å². The van der Waals surface area contributed by atoms with E-state index in [1.54, 1.807) is 24.3 Å². The molecule has 0 radical (unpaired) electrons. The molecule has 0 unspecified atom stereocenters. The van der Waals surface area contributed by atoms with E-state index in [-0.39, 0.29) is 6.04 Å². The van der Waals surface area contributed by atoms with E-state index in [1.165, 1.54) is 0 Å². The Labute approximate surface area is 127 Å². The first-order chi connectivity index (χ1) is 9.79. The van der Waals surface area contributed by atoms with E-state index in [9.17, 15) is 8.42 Å². The highest BCUT2D eigenvalue weighted by atomic mass is 32.2. The molecule has 0 spiro atoms. The molecule has 1 atom stereocenters. The van der Waals surface area contributed by atoms with Crippen LogP contribution in [0.15, 0.2) is 47.4 Å². The SMILES string of the molecule is Cc1ccc(S(=O)(=O)N[C@@H](C)c2cc(C)ccc2C)cc1. The van der Waals surface area contributed by atoms with Crippen LogP contribution in [0.1, 0.15) is 35.2 Å². The van der Waals surface area contributed by atoms with Crippen LogP contribution >= 0.6 is 0 Å². The van der Waals surface area contributed by atoms with Crippen molar-refractivity contribution in [3.8, 4) is 0 Å². The second kappa shape index (κ2) is 6.00. The molecule has 0 aliphatic carbocycles. The molecule has 0 saturated carbocycles. The van der Waals surface area contributed by atoms with E-state index in [4.69, 9.17) is 0 Å². The Morgan fingerprint density at radius 1 is 0.905 bits per heavy atom. The lowest BCUT2D eigenvalue weighted by Crippen LogP contribution is -2.27. The average Bonchev–Trinajstić information content (AvgIpc) is 2.41. The summed E-state index contributed by atoms with van der Waals surface area (Å²) < 4.78 is 27.6. The Bertz CT molecular complexity index is 734. The summed E-state index contributed by atoms with van der Waals surface area (Å²) in [5.74, 6) is 0. The molecule has 4 heteroatoms. The summed E-state index contributed by atoms with van der Waals surface area (Å²) >= 11 is 0. The van der Waals surface area contributed by atoms with Gasteiger partial charge in [-0.05, 0) is 51.0 Å². The summed E-state index contributed by atoms with van der Waals surface area (Å²) in [6.07, 6.45) is 0. The molecular weight excluding hydrogens is 282 g/mol. The van der Waals surface area contributed by atoms with E-state index in [2.05, 4.69) is 4.72 Å². The molecule has 0 aliphatic rings. The summed E-state index contributed by atoms with van der Waals surface area (Å²) in [6.45, 7) is 7.80. The Kier molecular flexibility index (Phi) is 4.49. The standard InChI is InChI=1S/C17H21NO2S/c1-12-6-9-16(10-7-12)21(19,20)18-15(4)17-11-13(2)5-8-14(17)3/h5-11,15,18H,1-4H3/t15-/m0/s1. The predicted molar refractivity (Wildman–Crippen MR) is 85.8 cm³/mol. The number of benzene rings is 2. The highest BCUT2D eigenvalue weighted by Gasteiger charge is 2.19. The Morgan fingerprint density at radius 3 is 2.10 bits per heavy atom. The molecule has 21 heavy (non-hydrogen) atoms. The first-order valence-electron chi connectivity index (χ1n) is 6.96. The number of hydrogen-bond donors (Lipinski definition) is 1. The minimum atomic E-state index is -3.50. The normalized spacial score (nSPS) is 13.1. The molecule has 0 saturated heterocycles. The fourth-order valence-electron chi connectivity index (χ4n) is 2.31. The molecule has 3 nitrogen and oxygen atoms in total. The van der Waals surface area contributed by atoms with Crippen LogP contribution in [0.5, 0.6) is 0 Å². The van der Waals surface area contributed by atoms with Crippen molar-refractivity contribution >= 4 is 10.0 Å². The smallest absolute Gasteiger partial charge is 0.207 e. The lowest BCUT2D eigenvalue weighted by atomic mass is 10.0. The Hall–Kier alpha value is -1.65. The third kappa shape index (κ3) is 3.71. The van der Waals surface area contributed by atoms with Crippen molar-refractivity contribution in [2.45, 2.75) is 38.6 Å². The van der Waals surface area contributed by atoms with Crippen LogP contribution in [0.4, 0.5) is 0 Å². The molecule has 0 aliphatic heterocycles. The van der Waals surface area contributed by atoms with Gasteiger partial charge < -0.3 is 0 Å². The lowest BCUT2D eigenvalue weighted by molar-refractivity contribution is 0.566. The maximum atomic E-state index is 12.4. The molecule has 2 aromatic rings. The maximum Gasteiger partial charge on any atom is 0.241 e. The van der Waals surface area contributed by atoms with E-state index in [0.29, 0.717) is 4.90 Å². The van der Waals surface area contributed by atoms with Gasteiger partial charge >= 0.3 is 0 Å². The van der Waals surface area contributed by atoms with Gasteiger partial charge in [0, 0.05) is 6.04 Å². The molecule has 0 heterocycles. The van der Waals surface area contributed by atoms with Crippen molar-refractivity contribution < 1.29 is 8.42 Å². The predicted octanol–water partition coefficient (Wildman–Crippen LogP) is 3.65. The maximum absolute atomic E-state index is 12.4. The number of sulfonamides is 1. The van der Waals surface area contributed by atoms with Crippen LogP contribution in [0.2, 0.25) is 0 Å². The minimum absolute atomic E-state index is 0.267. The molecule has 1 N–H and O–H groups in total. The summed E-state index contributed by atoms with van der Waals surface area (Å²) in [6, 6.07) is 12.7. The van der Waals surface area contributed by atoms with Crippen LogP contribution in [-0.4, -0.2) is 8.42 Å². The van der Waals surface area contributed by atoms with Gasteiger partial charge in [-0.25, -0.2) is 13.1 Å². The average molecular weight is 303 g/mol. The molecule has 2 aromatic carbocycles. The van der Waals surface area contributed by atoms with Gasteiger partial charge in [0.05, 0.1) is 4.90 Å². The number of nitrogens with one attached hydrogen (secondary N) is 1. The highest BCUT2D eigenvalue weighted by Crippen LogP contribution is 2.21. The monoisotopic (exact) mass is 303 g/mol. The Balaban J connectivity index is 2.27. The Morgan fingerprint density at radius 2 is 1.48 bits per heavy atom. The van der Waals surface area contributed by atoms with Gasteiger partial charge in [-0.15, -0.1) is 0 Å². The quantitative estimate of drug-likeness (QED) is 0.937. The molecular formula is C17H21NO2S. The molecule has 112 valence electrons. The summed E-state index contributed by atoms with van der Waals surface area (Å²) in [4.78, 5) is 0.297. The van der Waals surface area contributed by atoms with Crippen LogP contribution in [0.25, 0.3) is 0 Å². The van der Waals surface area contributed by atoms with Gasteiger partial charge in [0.15, 0.2) is 0 Å². The van der Waals surface area contributed by atoms with Gasteiger partial charge in [0.25, 0.3) is 0 Å². The van der Waals surface area contributed by atoms with E-state index in [0.717, 1.165) is 22.3 Å². The zero-order valence-corrected chi connectivity index (χ0v) is 13.7. The topological polar surface area (TPSA) is 46.2 Å². The van der Waals surface area contributed by atoms with Crippen molar-refractivity contribution in [1.82, 2.24) is 4.72 Å². The van der Waals surface area contributed by atoms with Crippen molar-refractivity contribution in [3.05, 3.63) is 64.7 Å². The number of aryl methyl sites for hydroxylation is 3. The molecule has 2 rings (SSSR count). The van der Waals surface area contributed by atoms with Crippen molar-refractivity contribution in [2.75, 3.05) is 0 Å². The second-order valence-corrected chi connectivity index (χ2v) is 7.23. The first-order valence-corrected chi connectivity index (χ1v) is 8.44. The largest absolute Gasteiger partial charge is 0.241 e. The van der Waals surface area contributed by atoms with Crippen molar-refractivity contribution in [3.63, 3.8) is 0 Å². The molecule has 0 amide bonds. The summed E-state index contributed by atoms with van der Waals surface area (Å²) in [7, 11) is -3.50. The third-order valence-corrected chi connectivity index (χ3v) is 5.12. The zero-order valence-electron chi connectivity index (χ0n) is 12.8. The van der Waals surface area contributed by atoms with Gasteiger partial charge in [0.2, 0.25) is 10.0 Å². The van der Waals surface area contributed by atoms with Gasteiger partial charge in [0.1, 0.15) is 0 Å². The second-order valence-electron chi connectivity index (χ2n) is 5.52. The lowest BCUT2D eigenvalue weighted by Gasteiger charge is -2.17. The van der Waals surface area contributed by atoms with E-state index < -0.39 is 10.0 Å². The summed E-state index contributed by atoms with van der Waals surface area (Å²) in [5.41, 5.74) is 4.25. The minimum Gasteiger partial charge on any atom is -0.207 e. The van der Waals surface area contributed by atoms with Crippen LogP contribution in [0, 0.1) is 20.8 Å².